The summed E-state index contributed by atoms with van der Waals surface area (Å²) < 4.78 is 15.7. The van der Waals surface area contributed by atoms with Crippen molar-refractivity contribution in [2.24, 2.45) is 0 Å². The smallest absolute Gasteiger partial charge is 0.162 e. The lowest BCUT2D eigenvalue weighted by atomic mass is 10.0. The van der Waals surface area contributed by atoms with Gasteiger partial charge in [0.15, 0.2) is 11.5 Å². The van der Waals surface area contributed by atoms with Crippen molar-refractivity contribution in [1.82, 2.24) is 0 Å². The lowest BCUT2D eigenvalue weighted by molar-refractivity contribution is 0.354. The molecule has 0 aliphatic carbocycles. The van der Waals surface area contributed by atoms with E-state index in [-0.39, 0.29) is 5.38 Å². The van der Waals surface area contributed by atoms with Crippen molar-refractivity contribution < 1.29 is 14.2 Å². The second-order valence-electron chi connectivity index (χ2n) is 4.36. The summed E-state index contributed by atoms with van der Waals surface area (Å²) in [6.45, 7) is 0. The number of hydrogen-bond acceptors (Lipinski definition) is 3. The van der Waals surface area contributed by atoms with Crippen LogP contribution in [0.3, 0.4) is 0 Å². The van der Waals surface area contributed by atoms with Crippen LogP contribution >= 0.6 is 23.2 Å². The Morgan fingerprint density at radius 1 is 0.857 bits per heavy atom. The van der Waals surface area contributed by atoms with Crippen molar-refractivity contribution in [3.63, 3.8) is 0 Å². The Morgan fingerprint density at radius 3 is 1.95 bits per heavy atom. The average molecular weight is 327 g/mol. The molecule has 0 N–H and O–H groups in total. The third-order valence-electron chi connectivity index (χ3n) is 3.18. The van der Waals surface area contributed by atoms with Gasteiger partial charge in [-0.05, 0) is 29.3 Å². The van der Waals surface area contributed by atoms with Crippen LogP contribution in [-0.4, -0.2) is 21.3 Å². The van der Waals surface area contributed by atoms with Crippen molar-refractivity contribution in [1.29, 1.82) is 0 Å². The molecule has 0 aromatic heterocycles. The van der Waals surface area contributed by atoms with Crippen LogP contribution in [0.25, 0.3) is 0 Å². The van der Waals surface area contributed by atoms with Gasteiger partial charge in [0.1, 0.15) is 5.75 Å². The minimum Gasteiger partial charge on any atom is -0.497 e. The van der Waals surface area contributed by atoms with Crippen LogP contribution in [0.4, 0.5) is 0 Å². The molecule has 0 heterocycles. The number of rotatable bonds is 5. The molecule has 21 heavy (non-hydrogen) atoms. The van der Waals surface area contributed by atoms with Crippen molar-refractivity contribution >= 4 is 23.2 Å². The Kier molecular flexibility index (Phi) is 5.21. The van der Waals surface area contributed by atoms with Gasteiger partial charge >= 0.3 is 0 Å². The number of alkyl halides is 1. The third kappa shape index (κ3) is 3.36. The molecule has 5 heteroatoms. The summed E-state index contributed by atoms with van der Waals surface area (Å²) in [7, 11) is 4.76. The molecule has 0 saturated heterocycles. The highest BCUT2D eigenvalue weighted by Crippen LogP contribution is 2.40. The minimum atomic E-state index is -0.386. The van der Waals surface area contributed by atoms with Crippen LogP contribution in [0.5, 0.6) is 17.2 Å². The monoisotopic (exact) mass is 326 g/mol. The van der Waals surface area contributed by atoms with Crippen LogP contribution in [0.15, 0.2) is 36.4 Å². The minimum absolute atomic E-state index is 0.386. The van der Waals surface area contributed by atoms with E-state index in [4.69, 9.17) is 37.4 Å². The van der Waals surface area contributed by atoms with E-state index in [9.17, 15) is 0 Å². The second kappa shape index (κ2) is 6.92. The maximum Gasteiger partial charge on any atom is 0.162 e. The first kappa shape index (κ1) is 15.8. The highest BCUT2D eigenvalue weighted by Gasteiger charge is 2.18. The fraction of sp³-hybridized carbons (Fsp3) is 0.250. The molecule has 3 nitrogen and oxygen atoms in total. The van der Waals surface area contributed by atoms with Crippen LogP contribution in [0.1, 0.15) is 16.5 Å². The van der Waals surface area contributed by atoms with Gasteiger partial charge in [-0.25, -0.2) is 0 Å². The lowest BCUT2D eigenvalue weighted by Crippen LogP contribution is -1.98. The number of benzene rings is 2. The highest BCUT2D eigenvalue weighted by atomic mass is 35.5. The van der Waals surface area contributed by atoms with Gasteiger partial charge < -0.3 is 14.2 Å². The Labute approximate surface area is 134 Å². The summed E-state index contributed by atoms with van der Waals surface area (Å²) in [5, 5.41) is 0.145. The Bertz CT molecular complexity index is 612. The van der Waals surface area contributed by atoms with Gasteiger partial charge in [0, 0.05) is 11.1 Å². The Morgan fingerprint density at radius 2 is 1.43 bits per heavy atom. The molecule has 0 spiro atoms. The van der Waals surface area contributed by atoms with Gasteiger partial charge in [-0.3, -0.25) is 0 Å². The first-order chi connectivity index (χ1) is 10.1. The maximum absolute atomic E-state index is 6.54. The fourth-order valence-electron chi connectivity index (χ4n) is 2.02. The molecule has 0 aliphatic heterocycles. The van der Waals surface area contributed by atoms with E-state index < -0.39 is 0 Å². The molecule has 2 aromatic rings. The molecule has 1 atom stereocenters. The van der Waals surface area contributed by atoms with E-state index in [0.29, 0.717) is 16.5 Å². The first-order valence-electron chi connectivity index (χ1n) is 6.30. The molecule has 2 aromatic carbocycles. The molecule has 2 rings (SSSR count). The second-order valence-corrected chi connectivity index (χ2v) is 5.21. The fourth-order valence-corrected chi connectivity index (χ4v) is 2.66. The zero-order chi connectivity index (χ0) is 15.4. The Balaban J connectivity index is 2.39. The average Bonchev–Trinajstić information content (AvgIpc) is 2.54. The SMILES string of the molecule is COc1ccc(C(Cl)c2cc(OC)c(OC)cc2Cl)cc1. The van der Waals surface area contributed by atoms with Gasteiger partial charge in [0.25, 0.3) is 0 Å². The summed E-state index contributed by atoms with van der Waals surface area (Å²) in [4.78, 5) is 0. The molecule has 0 radical (unpaired) electrons. The molecular weight excluding hydrogens is 311 g/mol. The molecule has 0 bridgehead atoms. The van der Waals surface area contributed by atoms with Crippen LogP contribution < -0.4 is 14.2 Å². The zero-order valence-electron chi connectivity index (χ0n) is 12.0. The summed E-state index contributed by atoms with van der Waals surface area (Å²) >= 11 is 12.8. The largest absolute Gasteiger partial charge is 0.497 e. The number of methoxy groups -OCH3 is 3. The van der Waals surface area contributed by atoms with E-state index >= 15 is 0 Å². The quantitative estimate of drug-likeness (QED) is 0.746. The lowest BCUT2D eigenvalue weighted by Gasteiger charge is -2.16. The topological polar surface area (TPSA) is 27.7 Å². The predicted octanol–water partition coefficient (Wildman–Crippen LogP) is 4.69. The van der Waals surface area contributed by atoms with Gasteiger partial charge in [-0.15, -0.1) is 11.6 Å². The van der Waals surface area contributed by atoms with Crippen LogP contribution in [-0.2, 0) is 0 Å². The molecule has 0 saturated carbocycles. The van der Waals surface area contributed by atoms with Crippen molar-refractivity contribution in [3.05, 3.63) is 52.5 Å². The molecule has 0 aliphatic rings. The zero-order valence-corrected chi connectivity index (χ0v) is 13.5. The third-order valence-corrected chi connectivity index (χ3v) is 4.00. The normalized spacial score (nSPS) is 11.9. The van der Waals surface area contributed by atoms with Crippen LogP contribution in [0, 0.1) is 0 Å². The molecule has 112 valence electrons. The predicted molar refractivity (Wildman–Crippen MR) is 85.2 cm³/mol. The summed E-state index contributed by atoms with van der Waals surface area (Å²) in [5.41, 5.74) is 1.69. The number of ether oxygens (including phenoxy) is 3. The van der Waals surface area contributed by atoms with E-state index in [1.54, 1.807) is 33.5 Å². The van der Waals surface area contributed by atoms with Crippen molar-refractivity contribution in [3.8, 4) is 17.2 Å². The summed E-state index contributed by atoms with van der Waals surface area (Å²) in [6, 6.07) is 11.0. The maximum atomic E-state index is 6.54. The molecule has 0 fully saturated rings. The summed E-state index contributed by atoms with van der Waals surface area (Å²) in [6.07, 6.45) is 0. The van der Waals surface area contributed by atoms with Gasteiger partial charge in [0.05, 0.1) is 26.7 Å². The van der Waals surface area contributed by atoms with Crippen molar-refractivity contribution in [2.45, 2.75) is 5.38 Å². The van der Waals surface area contributed by atoms with Crippen LogP contribution in [0.2, 0.25) is 5.02 Å². The van der Waals surface area contributed by atoms with E-state index in [1.807, 2.05) is 24.3 Å². The molecule has 0 amide bonds. The molecule has 1 unspecified atom stereocenters. The standard InChI is InChI=1S/C16H16Cl2O3/c1-19-11-6-4-10(5-7-11)16(18)12-8-14(20-2)15(21-3)9-13(12)17/h4-9,16H,1-3H3. The van der Waals surface area contributed by atoms with E-state index in [2.05, 4.69) is 0 Å². The molecular formula is C16H16Cl2O3. The first-order valence-corrected chi connectivity index (χ1v) is 7.11. The highest BCUT2D eigenvalue weighted by molar-refractivity contribution is 6.33. The Hall–Kier alpha value is -1.58. The van der Waals surface area contributed by atoms with Gasteiger partial charge in [-0.1, -0.05) is 23.7 Å². The number of halogens is 2. The van der Waals surface area contributed by atoms with Gasteiger partial charge in [-0.2, -0.15) is 0 Å². The summed E-state index contributed by atoms with van der Waals surface area (Å²) in [5.74, 6) is 1.95. The van der Waals surface area contributed by atoms with E-state index in [0.717, 1.165) is 16.9 Å². The van der Waals surface area contributed by atoms with Crippen molar-refractivity contribution in [2.75, 3.05) is 21.3 Å². The van der Waals surface area contributed by atoms with Gasteiger partial charge in [0.2, 0.25) is 0 Å². The van der Waals surface area contributed by atoms with E-state index in [1.165, 1.54) is 0 Å². The number of hydrogen-bond donors (Lipinski definition) is 0.